The minimum absolute atomic E-state index is 0.170. The van der Waals surface area contributed by atoms with E-state index in [0.717, 1.165) is 24.4 Å². The molecule has 0 spiro atoms. The summed E-state index contributed by atoms with van der Waals surface area (Å²) in [5.41, 5.74) is -3.84. The second-order valence-electron chi connectivity index (χ2n) is 7.55. The Hall–Kier alpha value is -4.23. The number of rotatable bonds is 7. The summed E-state index contributed by atoms with van der Waals surface area (Å²) in [4.78, 5) is 28.2. The summed E-state index contributed by atoms with van der Waals surface area (Å²) in [7, 11) is 0. The van der Waals surface area contributed by atoms with Crippen molar-refractivity contribution in [2.75, 3.05) is 5.32 Å². The molecule has 35 heavy (non-hydrogen) atoms. The highest BCUT2D eigenvalue weighted by Gasteiger charge is 2.51. The molecular formula is C21H16F5N5O4. The molecule has 2 heterocycles. The molecule has 0 atom stereocenters. The SMILES string of the molecule is O=C(NC1(C(=O)NCc2ncc(Nc3c(F)cccc3C(F)(F)F)cc2F)CC1)Oc1ccno1. The van der Waals surface area contributed by atoms with Crippen molar-refractivity contribution in [3.63, 3.8) is 0 Å². The first-order valence-corrected chi connectivity index (χ1v) is 10.0. The van der Waals surface area contributed by atoms with Gasteiger partial charge in [0.25, 0.3) is 0 Å². The van der Waals surface area contributed by atoms with Gasteiger partial charge in [-0.2, -0.15) is 13.2 Å². The predicted octanol–water partition coefficient (Wildman–Crippen LogP) is 4.05. The van der Waals surface area contributed by atoms with Crippen molar-refractivity contribution < 1.29 is 40.8 Å². The molecule has 3 N–H and O–H groups in total. The Morgan fingerprint density at radius 2 is 1.91 bits per heavy atom. The third-order valence-electron chi connectivity index (χ3n) is 5.06. The number of ether oxygens (including phenoxy) is 1. The molecule has 2 aromatic heterocycles. The third-order valence-corrected chi connectivity index (χ3v) is 5.06. The number of hydrogen-bond acceptors (Lipinski definition) is 7. The number of hydrogen-bond donors (Lipinski definition) is 3. The number of nitrogens with one attached hydrogen (secondary N) is 3. The van der Waals surface area contributed by atoms with Gasteiger partial charge < -0.3 is 25.2 Å². The quantitative estimate of drug-likeness (QED) is 0.422. The Labute approximate surface area is 193 Å². The minimum Gasteiger partial charge on any atom is -0.374 e. The fourth-order valence-corrected chi connectivity index (χ4v) is 3.13. The molecule has 14 heteroatoms. The first-order valence-electron chi connectivity index (χ1n) is 10.0. The van der Waals surface area contributed by atoms with E-state index in [1.807, 2.05) is 0 Å². The van der Waals surface area contributed by atoms with E-state index in [4.69, 9.17) is 4.74 Å². The summed E-state index contributed by atoms with van der Waals surface area (Å²) < 4.78 is 77.4. The van der Waals surface area contributed by atoms with Crippen molar-refractivity contribution in [1.29, 1.82) is 0 Å². The van der Waals surface area contributed by atoms with E-state index in [2.05, 4.69) is 30.6 Å². The fourth-order valence-electron chi connectivity index (χ4n) is 3.13. The van der Waals surface area contributed by atoms with Crippen LogP contribution in [-0.4, -0.2) is 27.7 Å². The van der Waals surface area contributed by atoms with Crippen LogP contribution >= 0.6 is 0 Å². The van der Waals surface area contributed by atoms with Crippen LogP contribution in [0.15, 0.2) is 47.2 Å². The van der Waals surface area contributed by atoms with Gasteiger partial charge in [0.15, 0.2) is 0 Å². The van der Waals surface area contributed by atoms with Crippen LogP contribution in [0.4, 0.5) is 38.1 Å². The normalized spacial score (nSPS) is 14.2. The molecule has 9 nitrogen and oxygen atoms in total. The summed E-state index contributed by atoms with van der Waals surface area (Å²) in [6.07, 6.45) is -2.90. The van der Waals surface area contributed by atoms with Crippen LogP contribution in [0.25, 0.3) is 0 Å². The van der Waals surface area contributed by atoms with Crippen LogP contribution < -0.4 is 20.7 Å². The first kappa shape index (κ1) is 23.9. The fraction of sp³-hybridized carbons (Fsp3) is 0.238. The summed E-state index contributed by atoms with van der Waals surface area (Å²) in [5, 5.41) is 10.4. The maximum atomic E-state index is 14.5. The van der Waals surface area contributed by atoms with Gasteiger partial charge >= 0.3 is 18.2 Å². The summed E-state index contributed by atoms with van der Waals surface area (Å²) in [5.74, 6) is -2.92. The molecule has 0 radical (unpaired) electrons. The number of para-hydroxylation sites is 1. The van der Waals surface area contributed by atoms with Crippen molar-refractivity contribution in [2.45, 2.75) is 31.1 Å². The number of pyridine rings is 1. The van der Waals surface area contributed by atoms with Crippen molar-refractivity contribution in [3.8, 4) is 5.95 Å². The van der Waals surface area contributed by atoms with Gasteiger partial charge in [0.1, 0.15) is 17.2 Å². The molecule has 1 fully saturated rings. The van der Waals surface area contributed by atoms with Gasteiger partial charge in [-0.25, -0.2) is 13.6 Å². The van der Waals surface area contributed by atoms with Gasteiger partial charge in [-0.1, -0.05) is 11.2 Å². The molecule has 1 aliphatic rings. The Morgan fingerprint density at radius 3 is 2.54 bits per heavy atom. The van der Waals surface area contributed by atoms with Crippen LogP contribution in [0.2, 0.25) is 0 Å². The second-order valence-corrected chi connectivity index (χ2v) is 7.55. The van der Waals surface area contributed by atoms with Crippen LogP contribution in [-0.2, 0) is 17.5 Å². The lowest BCUT2D eigenvalue weighted by atomic mass is 10.1. The smallest absolute Gasteiger partial charge is 0.374 e. The largest absolute Gasteiger partial charge is 0.418 e. The van der Waals surface area contributed by atoms with Crippen LogP contribution in [0.3, 0.4) is 0 Å². The molecular weight excluding hydrogens is 481 g/mol. The summed E-state index contributed by atoms with van der Waals surface area (Å²) in [6.45, 7) is -0.376. The van der Waals surface area contributed by atoms with Gasteiger partial charge in [0.2, 0.25) is 5.91 Å². The maximum absolute atomic E-state index is 14.5. The summed E-state index contributed by atoms with van der Waals surface area (Å²) >= 11 is 0. The van der Waals surface area contributed by atoms with E-state index in [0.29, 0.717) is 18.9 Å². The van der Waals surface area contributed by atoms with E-state index in [9.17, 15) is 31.5 Å². The highest BCUT2D eigenvalue weighted by Crippen LogP contribution is 2.38. The zero-order valence-corrected chi connectivity index (χ0v) is 17.6. The van der Waals surface area contributed by atoms with Crippen LogP contribution in [0.1, 0.15) is 24.1 Å². The van der Waals surface area contributed by atoms with Gasteiger partial charge in [-0.05, 0) is 25.0 Å². The number of nitrogens with zero attached hydrogens (tertiary/aromatic N) is 2. The average Bonchev–Trinajstić information content (AvgIpc) is 3.38. The molecule has 1 aromatic carbocycles. The second kappa shape index (κ2) is 9.19. The Bertz CT molecular complexity index is 1250. The van der Waals surface area contributed by atoms with E-state index < -0.39 is 46.6 Å². The lowest BCUT2D eigenvalue weighted by Gasteiger charge is -2.17. The molecule has 0 saturated heterocycles. The highest BCUT2D eigenvalue weighted by atomic mass is 19.4. The van der Waals surface area contributed by atoms with E-state index >= 15 is 0 Å². The molecule has 4 rings (SSSR count). The van der Waals surface area contributed by atoms with Crippen molar-refractivity contribution in [2.24, 2.45) is 0 Å². The zero-order chi connectivity index (χ0) is 25.2. The Balaban J connectivity index is 1.38. The average molecular weight is 497 g/mol. The molecule has 0 unspecified atom stereocenters. The Kier molecular flexibility index (Phi) is 6.28. The number of aromatic nitrogens is 2. The molecule has 0 aliphatic heterocycles. The maximum Gasteiger partial charge on any atom is 0.418 e. The minimum atomic E-state index is -4.84. The van der Waals surface area contributed by atoms with Crippen molar-refractivity contribution in [3.05, 3.63) is 65.6 Å². The summed E-state index contributed by atoms with van der Waals surface area (Å²) in [6, 6.07) is 4.53. The van der Waals surface area contributed by atoms with Crippen LogP contribution in [0.5, 0.6) is 5.95 Å². The first-order chi connectivity index (χ1) is 16.6. The number of benzene rings is 1. The van der Waals surface area contributed by atoms with Crippen molar-refractivity contribution >= 4 is 23.4 Å². The number of amides is 2. The molecule has 0 bridgehead atoms. The number of carbonyl (C=O) groups is 2. The van der Waals surface area contributed by atoms with Gasteiger partial charge in [-0.15, -0.1) is 0 Å². The zero-order valence-electron chi connectivity index (χ0n) is 17.6. The van der Waals surface area contributed by atoms with Gasteiger partial charge in [0.05, 0.1) is 41.6 Å². The number of carbonyl (C=O) groups excluding carboxylic acids is 2. The lowest BCUT2D eigenvalue weighted by molar-refractivity contribution is -0.137. The van der Waals surface area contributed by atoms with E-state index in [-0.39, 0.29) is 23.9 Å². The lowest BCUT2D eigenvalue weighted by Crippen LogP contribution is -2.49. The van der Waals surface area contributed by atoms with E-state index in [1.54, 1.807) is 0 Å². The monoisotopic (exact) mass is 497 g/mol. The topological polar surface area (TPSA) is 118 Å². The van der Waals surface area contributed by atoms with Gasteiger partial charge in [0, 0.05) is 12.1 Å². The van der Waals surface area contributed by atoms with Crippen molar-refractivity contribution in [1.82, 2.24) is 20.8 Å². The molecule has 1 aliphatic carbocycles. The number of alkyl halides is 3. The van der Waals surface area contributed by atoms with Gasteiger partial charge in [-0.3, -0.25) is 9.78 Å². The number of halogens is 5. The highest BCUT2D eigenvalue weighted by molar-refractivity contribution is 5.93. The standard InChI is InChI=1S/C21H16F5N5O4/c22-13-3-1-2-12(21(24,25)26)17(13)30-11-8-14(23)15(27-9-11)10-28-18(32)20(5-6-20)31-19(33)34-16-4-7-29-35-16/h1-4,7-9,30H,5-6,10H2,(H,28,32)(H,31,33). The predicted molar refractivity (Wildman–Crippen MR) is 108 cm³/mol. The third kappa shape index (κ3) is 5.47. The molecule has 2 amide bonds. The molecule has 3 aromatic rings. The molecule has 1 saturated carbocycles. The molecule has 184 valence electrons. The van der Waals surface area contributed by atoms with Crippen LogP contribution in [0, 0.1) is 11.6 Å². The van der Waals surface area contributed by atoms with E-state index in [1.165, 1.54) is 12.3 Å². The Morgan fingerprint density at radius 1 is 1.14 bits per heavy atom. The number of anilines is 2.